The van der Waals surface area contributed by atoms with E-state index in [4.69, 9.17) is 9.90 Å². The maximum Gasteiger partial charge on any atom is 0.300 e. The maximum absolute atomic E-state index is 9.00. The van der Waals surface area contributed by atoms with Gasteiger partial charge < -0.3 is 11.3 Å². The van der Waals surface area contributed by atoms with E-state index in [9.17, 15) is 0 Å². The van der Waals surface area contributed by atoms with Gasteiger partial charge in [0.2, 0.25) is 0 Å². The predicted molar refractivity (Wildman–Crippen MR) is 18.3 cm³/mol. The average molecular weight is 178 g/mol. The molecule has 0 aliphatic heterocycles. The van der Waals surface area contributed by atoms with Crippen molar-refractivity contribution in [1.82, 2.24) is 6.15 Å². The summed E-state index contributed by atoms with van der Waals surface area (Å²) in [5.41, 5.74) is 0. The van der Waals surface area contributed by atoms with Gasteiger partial charge in [0, 0.05) is 26.4 Å². The molecule has 3 nitrogen and oxygen atoms in total. The average Bonchev–Trinajstić information content (AvgIpc) is 0.811. The van der Waals surface area contributed by atoms with Crippen LogP contribution in [-0.2, 0) is 24.3 Å². The summed E-state index contributed by atoms with van der Waals surface area (Å²) in [6, 6.07) is 0. The molecule has 0 aliphatic rings. The molecule has 0 bridgehead atoms. The monoisotopic (exact) mass is 179 g/mol. The van der Waals surface area contributed by atoms with Gasteiger partial charge in [0.15, 0.2) is 0 Å². The van der Waals surface area contributed by atoms with E-state index < -0.39 is 5.97 Å². The Hall–Kier alpha value is 0.0534. The zero-order chi connectivity index (χ0) is 3.58. The van der Waals surface area contributed by atoms with Crippen LogP contribution in [-0.4, -0.2) is 11.1 Å². The molecule has 40 valence electrons. The number of hydrogen-bond donors (Lipinski definition) is 2. The summed E-state index contributed by atoms with van der Waals surface area (Å²) in [6.07, 6.45) is 0. The molecule has 0 aromatic heterocycles. The van der Waals surface area contributed by atoms with Gasteiger partial charge in [0.1, 0.15) is 0 Å². The van der Waals surface area contributed by atoms with Gasteiger partial charge in [0.05, 0.1) is 0 Å². The van der Waals surface area contributed by atoms with Crippen molar-refractivity contribution in [1.29, 1.82) is 0 Å². The molecule has 0 atom stereocenters. The Kier molecular flexibility index (Phi) is 24.6. The number of aliphatic carboxylic acids is 1. The Bertz CT molecular complexity index is 34.5. The van der Waals surface area contributed by atoms with Crippen LogP contribution in [0.5, 0.6) is 0 Å². The predicted octanol–water partition coefficient (Wildman–Crippen LogP) is 0.250. The number of rotatable bonds is 0. The summed E-state index contributed by atoms with van der Waals surface area (Å²) in [6.45, 7) is 1.08. The molecule has 0 aliphatic carbocycles. The van der Waals surface area contributed by atoms with E-state index in [-0.39, 0.29) is 25.6 Å². The molecular formula is C2H7NO2Ru. The van der Waals surface area contributed by atoms with E-state index >= 15 is 0 Å². The van der Waals surface area contributed by atoms with Crippen LogP contribution in [0.2, 0.25) is 0 Å². The van der Waals surface area contributed by atoms with Crippen LogP contribution in [0.4, 0.5) is 0 Å². The zero-order valence-corrected chi connectivity index (χ0v) is 5.15. The van der Waals surface area contributed by atoms with E-state index in [0.717, 1.165) is 6.92 Å². The van der Waals surface area contributed by atoms with E-state index in [0.29, 0.717) is 0 Å². The number of carboxylic acids is 1. The molecule has 4 N–H and O–H groups in total. The minimum absolute atomic E-state index is 0. The van der Waals surface area contributed by atoms with Crippen LogP contribution in [0.15, 0.2) is 0 Å². The van der Waals surface area contributed by atoms with Gasteiger partial charge in [-0.3, -0.25) is 4.79 Å². The standard InChI is InChI=1S/C2H4O2.H3N.Ru/c1-2(3)4;;/h1H3,(H,3,4);1H3;. The number of carboxylic acid groups (broad SMARTS) is 1. The third-order valence-electron chi connectivity index (χ3n) is 0. The van der Waals surface area contributed by atoms with E-state index in [2.05, 4.69) is 0 Å². The first-order chi connectivity index (χ1) is 1.73. The molecule has 0 heterocycles. The molecular weight excluding hydrogens is 171 g/mol. The van der Waals surface area contributed by atoms with Crippen molar-refractivity contribution in [3.8, 4) is 0 Å². The first-order valence-electron chi connectivity index (χ1n) is 0.928. The molecule has 0 fully saturated rings. The van der Waals surface area contributed by atoms with Crippen molar-refractivity contribution >= 4 is 5.97 Å². The van der Waals surface area contributed by atoms with Crippen LogP contribution in [0.1, 0.15) is 6.92 Å². The Morgan fingerprint density at radius 1 is 1.67 bits per heavy atom. The Labute approximate surface area is 49.1 Å². The first kappa shape index (κ1) is 16.6. The fourth-order valence-corrected chi connectivity index (χ4v) is 0. The molecule has 0 radical (unpaired) electrons. The van der Waals surface area contributed by atoms with Crippen molar-refractivity contribution in [2.24, 2.45) is 0 Å². The molecule has 0 unspecified atom stereocenters. The van der Waals surface area contributed by atoms with Gasteiger partial charge in [-0.25, -0.2) is 0 Å². The van der Waals surface area contributed by atoms with Gasteiger partial charge in [-0.2, -0.15) is 0 Å². The smallest absolute Gasteiger partial charge is 0.300 e. The fraction of sp³-hybridized carbons (Fsp3) is 0.500. The first-order valence-corrected chi connectivity index (χ1v) is 0.928. The second-order valence-corrected chi connectivity index (χ2v) is 0.519. The van der Waals surface area contributed by atoms with Crippen molar-refractivity contribution in [3.05, 3.63) is 0 Å². The quantitative estimate of drug-likeness (QED) is 0.522. The molecule has 0 spiro atoms. The van der Waals surface area contributed by atoms with E-state index in [1.807, 2.05) is 0 Å². The minimum Gasteiger partial charge on any atom is -0.481 e. The Morgan fingerprint density at radius 2 is 1.67 bits per heavy atom. The van der Waals surface area contributed by atoms with Crippen molar-refractivity contribution in [3.63, 3.8) is 0 Å². The summed E-state index contributed by atoms with van der Waals surface area (Å²) in [7, 11) is 0. The largest absolute Gasteiger partial charge is 0.481 e. The van der Waals surface area contributed by atoms with E-state index in [1.54, 1.807) is 0 Å². The summed E-state index contributed by atoms with van der Waals surface area (Å²) in [5.74, 6) is -0.833. The van der Waals surface area contributed by atoms with E-state index in [1.165, 1.54) is 0 Å². The molecule has 0 saturated heterocycles. The molecule has 0 aromatic rings. The second kappa shape index (κ2) is 8.91. The Morgan fingerprint density at radius 3 is 1.67 bits per heavy atom. The van der Waals surface area contributed by atoms with Gasteiger partial charge >= 0.3 is 0 Å². The molecule has 6 heavy (non-hydrogen) atoms. The Balaban J connectivity index is -0.0000000450. The van der Waals surface area contributed by atoms with Gasteiger partial charge in [0.25, 0.3) is 5.97 Å². The van der Waals surface area contributed by atoms with Crippen LogP contribution in [0.25, 0.3) is 0 Å². The summed E-state index contributed by atoms with van der Waals surface area (Å²) in [4.78, 5) is 9.00. The van der Waals surface area contributed by atoms with Gasteiger partial charge in [-0.15, -0.1) is 0 Å². The maximum atomic E-state index is 9.00. The number of hydrogen-bond acceptors (Lipinski definition) is 2. The second-order valence-electron chi connectivity index (χ2n) is 0.519. The SMILES string of the molecule is CC(=O)O.N.[Ru]. The normalized spacial score (nSPS) is 4.17. The summed E-state index contributed by atoms with van der Waals surface area (Å²) >= 11 is 0. The van der Waals surface area contributed by atoms with Gasteiger partial charge in [-0.1, -0.05) is 0 Å². The topological polar surface area (TPSA) is 72.3 Å². The molecule has 0 rings (SSSR count). The third-order valence-corrected chi connectivity index (χ3v) is 0. The molecule has 0 aromatic carbocycles. The number of carbonyl (C=O) groups is 1. The van der Waals surface area contributed by atoms with Crippen molar-refractivity contribution in [2.45, 2.75) is 6.92 Å². The third kappa shape index (κ3) is 13300. The van der Waals surface area contributed by atoms with Crippen molar-refractivity contribution < 1.29 is 29.4 Å². The summed E-state index contributed by atoms with van der Waals surface area (Å²) < 4.78 is 0. The fourth-order valence-electron chi connectivity index (χ4n) is 0. The van der Waals surface area contributed by atoms with Crippen molar-refractivity contribution in [2.75, 3.05) is 0 Å². The van der Waals surface area contributed by atoms with Gasteiger partial charge in [-0.05, 0) is 0 Å². The van der Waals surface area contributed by atoms with Crippen LogP contribution in [0.3, 0.4) is 0 Å². The van der Waals surface area contributed by atoms with Crippen LogP contribution >= 0.6 is 0 Å². The molecule has 4 heteroatoms. The van der Waals surface area contributed by atoms with Crippen LogP contribution < -0.4 is 6.15 Å². The zero-order valence-electron chi connectivity index (χ0n) is 3.42. The minimum atomic E-state index is -0.833. The summed E-state index contributed by atoms with van der Waals surface area (Å²) in [5, 5.41) is 7.42. The van der Waals surface area contributed by atoms with Crippen LogP contribution in [0, 0.1) is 0 Å². The molecule has 0 saturated carbocycles. The molecule has 0 amide bonds.